The standard InChI is InChI=1S/C16H22O7/c1-3-5-9-13(16(22)23)10(15(20)21)6-8(4-2)11(17)7-12(18)14(9)19/h4,9,11,14,17,19H,3,5-7H2,1-2H3,(H,20,21)(H,22,23)/b8-4-,13-10-/t9-,11+,14+/m1/s1. The van der Waals surface area contributed by atoms with Gasteiger partial charge in [0, 0.05) is 18.8 Å². The highest BCUT2D eigenvalue weighted by Crippen LogP contribution is 2.32. The van der Waals surface area contributed by atoms with E-state index in [0.29, 0.717) is 6.42 Å². The summed E-state index contributed by atoms with van der Waals surface area (Å²) in [6, 6.07) is 0. The predicted octanol–water partition coefficient (Wildman–Crippen LogP) is 0.899. The maximum Gasteiger partial charge on any atom is 0.332 e. The van der Waals surface area contributed by atoms with Crippen molar-refractivity contribution in [1.82, 2.24) is 0 Å². The van der Waals surface area contributed by atoms with Crippen molar-refractivity contribution < 1.29 is 34.8 Å². The Morgan fingerprint density at radius 3 is 2.26 bits per heavy atom. The number of rotatable bonds is 4. The van der Waals surface area contributed by atoms with Gasteiger partial charge in [-0.25, -0.2) is 9.59 Å². The largest absolute Gasteiger partial charge is 0.478 e. The fourth-order valence-electron chi connectivity index (χ4n) is 2.85. The summed E-state index contributed by atoms with van der Waals surface area (Å²) < 4.78 is 0. The first-order chi connectivity index (χ1) is 10.7. The Morgan fingerprint density at radius 2 is 1.83 bits per heavy atom. The number of Topliss-reactive ketones (excluding diaryl/α,β-unsaturated/α-hetero) is 1. The van der Waals surface area contributed by atoms with Crippen LogP contribution in [-0.2, 0) is 14.4 Å². The molecule has 0 fully saturated rings. The van der Waals surface area contributed by atoms with Gasteiger partial charge in [-0.3, -0.25) is 4.79 Å². The molecule has 7 nitrogen and oxygen atoms in total. The highest BCUT2D eigenvalue weighted by atomic mass is 16.4. The number of aliphatic carboxylic acids is 2. The van der Waals surface area contributed by atoms with Crippen LogP contribution in [0.4, 0.5) is 0 Å². The number of carboxylic acid groups (broad SMARTS) is 2. The Balaban J connectivity index is 3.62. The molecule has 0 radical (unpaired) electrons. The summed E-state index contributed by atoms with van der Waals surface area (Å²) in [5.74, 6) is -4.71. The van der Waals surface area contributed by atoms with Crippen LogP contribution in [0.2, 0.25) is 0 Å². The SMILES string of the molecule is C/C=C1/C/C(C(=O)O)=C(/C(=O)O)[C@@H](CCC)[C@H](O)C(=O)C[C@@H]1O. The van der Waals surface area contributed by atoms with Gasteiger partial charge < -0.3 is 20.4 Å². The molecule has 7 heteroatoms. The summed E-state index contributed by atoms with van der Waals surface area (Å²) in [6.45, 7) is 3.32. The zero-order valence-electron chi connectivity index (χ0n) is 13.2. The maximum atomic E-state index is 12.1. The van der Waals surface area contributed by atoms with Gasteiger partial charge in [-0.05, 0) is 18.9 Å². The van der Waals surface area contributed by atoms with Gasteiger partial charge in [0.05, 0.1) is 17.3 Å². The molecule has 3 atom stereocenters. The highest BCUT2D eigenvalue weighted by Gasteiger charge is 2.38. The summed E-state index contributed by atoms with van der Waals surface area (Å²) >= 11 is 0. The molecular formula is C16H22O7. The molecule has 0 saturated carbocycles. The summed E-state index contributed by atoms with van der Waals surface area (Å²) in [5.41, 5.74) is -0.621. The fraction of sp³-hybridized carbons (Fsp3) is 0.562. The van der Waals surface area contributed by atoms with Crippen LogP contribution in [0.3, 0.4) is 0 Å². The number of allylic oxidation sites excluding steroid dienone is 1. The van der Waals surface area contributed by atoms with Gasteiger partial charge in [0.1, 0.15) is 6.10 Å². The topological polar surface area (TPSA) is 132 Å². The van der Waals surface area contributed by atoms with Crippen molar-refractivity contribution in [3.63, 3.8) is 0 Å². The highest BCUT2D eigenvalue weighted by molar-refractivity contribution is 6.00. The van der Waals surface area contributed by atoms with Crippen LogP contribution in [0.1, 0.15) is 39.5 Å². The van der Waals surface area contributed by atoms with Gasteiger partial charge in [0.25, 0.3) is 0 Å². The molecule has 1 aliphatic rings. The van der Waals surface area contributed by atoms with Gasteiger partial charge in [0.2, 0.25) is 0 Å². The van der Waals surface area contributed by atoms with Gasteiger partial charge in [0.15, 0.2) is 5.78 Å². The number of carbonyl (C=O) groups excluding carboxylic acids is 1. The second-order valence-electron chi connectivity index (χ2n) is 5.57. The molecule has 0 heterocycles. The molecule has 23 heavy (non-hydrogen) atoms. The molecule has 0 unspecified atom stereocenters. The molecule has 0 bridgehead atoms. The Hall–Kier alpha value is -1.99. The summed E-state index contributed by atoms with van der Waals surface area (Å²) in [4.78, 5) is 35.3. The summed E-state index contributed by atoms with van der Waals surface area (Å²) in [5, 5.41) is 39.2. The Kier molecular flexibility index (Phi) is 6.65. The van der Waals surface area contributed by atoms with Crippen LogP contribution in [0.25, 0.3) is 0 Å². The minimum atomic E-state index is -1.65. The lowest BCUT2D eigenvalue weighted by Crippen LogP contribution is -2.35. The minimum Gasteiger partial charge on any atom is -0.478 e. The van der Waals surface area contributed by atoms with Crippen molar-refractivity contribution in [2.45, 2.75) is 51.7 Å². The van der Waals surface area contributed by atoms with Crippen molar-refractivity contribution in [2.75, 3.05) is 0 Å². The average Bonchev–Trinajstić information content (AvgIpc) is 2.50. The molecule has 0 spiro atoms. The third kappa shape index (κ3) is 4.27. The monoisotopic (exact) mass is 326 g/mol. The van der Waals surface area contributed by atoms with Crippen LogP contribution < -0.4 is 0 Å². The zero-order valence-corrected chi connectivity index (χ0v) is 13.2. The van der Waals surface area contributed by atoms with E-state index in [0.717, 1.165) is 0 Å². The molecular weight excluding hydrogens is 304 g/mol. The van der Waals surface area contributed by atoms with Crippen molar-refractivity contribution in [2.24, 2.45) is 5.92 Å². The van der Waals surface area contributed by atoms with E-state index in [4.69, 9.17) is 0 Å². The van der Waals surface area contributed by atoms with Crippen LogP contribution in [-0.4, -0.2) is 50.4 Å². The summed E-state index contributed by atoms with van der Waals surface area (Å²) in [6.07, 6.45) is -1.46. The first-order valence-corrected chi connectivity index (χ1v) is 7.48. The molecule has 0 aromatic carbocycles. The maximum absolute atomic E-state index is 12.1. The van der Waals surface area contributed by atoms with Gasteiger partial charge in [-0.2, -0.15) is 0 Å². The quantitative estimate of drug-likeness (QED) is 0.564. The lowest BCUT2D eigenvalue weighted by Gasteiger charge is -2.23. The number of aliphatic hydroxyl groups is 2. The second-order valence-corrected chi connectivity index (χ2v) is 5.57. The third-order valence-corrected chi connectivity index (χ3v) is 4.07. The predicted molar refractivity (Wildman–Crippen MR) is 80.7 cm³/mol. The molecule has 0 saturated heterocycles. The van der Waals surface area contributed by atoms with Crippen LogP contribution >= 0.6 is 0 Å². The number of carboxylic acids is 2. The minimum absolute atomic E-state index is 0.159. The van der Waals surface area contributed by atoms with Gasteiger partial charge in [-0.1, -0.05) is 19.4 Å². The zero-order chi connectivity index (χ0) is 17.7. The van der Waals surface area contributed by atoms with E-state index >= 15 is 0 Å². The van der Waals surface area contributed by atoms with Crippen molar-refractivity contribution in [3.8, 4) is 0 Å². The third-order valence-electron chi connectivity index (χ3n) is 4.07. The van der Waals surface area contributed by atoms with E-state index in [2.05, 4.69) is 0 Å². The summed E-state index contributed by atoms with van der Waals surface area (Å²) in [7, 11) is 0. The molecule has 1 rings (SSSR count). The van der Waals surface area contributed by atoms with E-state index in [1.54, 1.807) is 13.8 Å². The van der Waals surface area contributed by atoms with Crippen LogP contribution in [0.15, 0.2) is 22.8 Å². The van der Waals surface area contributed by atoms with Gasteiger partial charge in [-0.15, -0.1) is 0 Å². The Morgan fingerprint density at radius 1 is 1.22 bits per heavy atom. The lowest BCUT2D eigenvalue weighted by atomic mass is 9.83. The molecule has 0 aromatic heterocycles. The first-order valence-electron chi connectivity index (χ1n) is 7.48. The number of hydrogen-bond donors (Lipinski definition) is 4. The Labute approximate surface area is 133 Å². The number of hydrogen-bond acceptors (Lipinski definition) is 5. The Bertz CT molecular complexity index is 559. The second kappa shape index (κ2) is 8.03. The smallest absolute Gasteiger partial charge is 0.332 e. The number of ketones is 1. The average molecular weight is 326 g/mol. The fourth-order valence-corrected chi connectivity index (χ4v) is 2.85. The molecule has 4 N–H and O–H groups in total. The normalized spacial score (nSPS) is 31.4. The molecule has 1 aliphatic carbocycles. The van der Waals surface area contributed by atoms with E-state index in [-0.39, 0.29) is 24.8 Å². The molecule has 0 amide bonds. The first kappa shape index (κ1) is 19.1. The van der Waals surface area contributed by atoms with Crippen molar-refractivity contribution >= 4 is 17.7 Å². The van der Waals surface area contributed by atoms with Crippen LogP contribution in [0.5, 0.6) is 0 Å². The number of carbonyl (C=O) groups is 3. The molecule has 0 aliphatic heterocycles. The van der Waals surface area contributed by atoms with Crippen molar-refractivity contribution in [1.29, 1.82) is 0 Å². The van der Waals surface area contributed by atoms with E-state index in [9.17, 15) is 34.8 Å². The lowest BCUT2D eigenvalue weighted by molar-refractivity contribution is -0.138. The van der Waals surface area contributed by atoms with E-state index in [1.165, 1.54) is 6.08 Å². The van der Waals surface area contributed by atoms with Gasteiger partial charge >= 0.3 is 11.9 Å². The van der Waals surface area contributed by atoms with E-state index in [1.807, 2.05) is 0 Å². The molecule has 0 aromatic rings. The van der Waals surface area contributed by atoms with E-state index < -0.39 is 47.0 Å². The van der Waals surface area contributed by atoms with Crippen molar-refractivity contribution in [3.05, 3.63) is 22.8 Å². The number of aliphatic hydroxyl groups excluding tert-OH is 2. The van der Waals surface area contributed by atoms with Crippen LogP contribution in [0, 0.1) is 5.92 Å². The molecule has 128 valence electrons.